The summed E-state index contributed by atoms with van der Waals surface area (Å²) in [5.74, 6) is -1.60. The normalized spacial score (nSPS) is 15.9. The molecule has 1 unspecified atom stereocenters. The zero-order valence-corrected chi connectivity index (χ0v) is 17.5. The molecule has 1 aliphatic rings. The summed E-state index contributed by atoms with van der Waals surface area (Å²) in [5.41, 5.74) is 6.13. The summed E-state index contributed by atoms with van der Waals surface area (Å²) in [6.07, 6.45) is 1.37. The highest BCUT2D eigenvalue weighted by molar-refractivity contribution is 6.07. The standard InChI is InChI=1S/C25H24FN3O3/c26-20-12-10-17(11-13-20)15-23(30)27-28-24(31)19-7-4-14-29(16-19)25(32)22-9-3-6-18-5-1-2-8-21(18)22/h1-3,5-6,8-13,19H,4,7,14-16H2,(H,27,30)(H,28,31). The Morgan fingerprint density at radius 2 is 1.69 bits per heavy atom. The van der Waals surface area contributed by atoms with Crippen molar-refractivity contribution in [3.8, 4) is 0 Å². The Morgan fingerprint density at radius 3 is 2.50 bits per heavy atom. The van der Waals surface area contributed by atoms with Gasteiger partial charge in [0.2, 0.25) is 11.8 Å². The van der Waals surface area contributed by atoms with Crippen molar-refractivity contribution in [1.82, 2.24) is 15.8 Å². The van der Waals surface area contributed by atoms with Gasteiger partial charge in [-0.25, -0.2) is 4.39 Å². The second kappa shape index (κ2) is 9.60. The third-order valence-electron chi connectivity index (χ3n) is 5.70. The monoisotopic (exact) mass is 433 g/mol. The number of hydrogen-bond acceptors (Lipinski definition) is 3. The fraction of sp³-hybridized carbons (Fsp3) is 0.240. The number of hydrazine groups is 1. The molecule has 1 heterocycles. The van der Waals surface area contributed by atoms with Gasteiger partial charge in [0.1, 0.15) is 5.82 Å². The quantitative estimate of drug-likeness (QED) is 0.620. The van der Waals surface area contributed by atoms with E-state index in [4.69, 9.17) is 0 Å². The SMILES string of the molecule is O=C(Cc1ccc(F)cc1)NNC(=O)C1CCCN(C(=O)c2cccc3ccccc23)C1. The molecule has 0 radical (unpaired) electrons. The van der Waals surface area contributed by atoms with E-state index in [1.807, 2.05) is 42.5 Å². The minimum Gasteiger partial charge on any atom is -0.338 e. The van der Waals surface area contributed by atoms with Gasteiger partial charge in [-0.1, -0.05) is 48.5 Å². The molecule has 0 aromatic heterocycles. The predicted molar refractivity (Wildman–Crippen MR) is 119 cm³/mol. The van der Waals surface area contributed by atoms with Crippen LogP contribution in [0.25, 0.3) is 10.8 Å². The molecule has 0 bridgehead atoms. The van der Waals surface area contributed by atoms with Crippen molar-refractivity contribution in [3.05, 3.63) is 83.7 Å². The van der Waals surface area contributed by atoms with Crippen molar-refractivity contribution in [2.75, 3.05) is 13.1 Å². The summed E-state index contributed by atoms with van der Waals surface area (Å²) in [6.45, 7) is 0.879. The van der Waals surface area contributed by atoms with Crippen LogP contribution in [0.1, 0.15) is 28.8 Å². The fourth-order valence-electron chi connectivity index (χ4n) is 4.02. The van der Waals surface area contributed by atoms with Crippen molar-refractivity contribution in [3.63, 3.8) is 0 Å². The van der Waals surface area contributed by atoms with Gasteiger partial charge in [0.15, 0.2) is 0 Å². The van der Waals surface area contributed by atoms with Crippen LogP contribution in [0.2, 0.25) is 0 Å². The Bertz CT molecular complexity index is 1140. The van der Waals surface area contributed by atoms with E-state index >= 15 is 0 Å². The van der Waals surface area contributed by atoms with Crippen molar-refractivity contribution in [1.29, 1.82) is 0 Å². The third-order valence-corrected chi connectivity index (χ3v) is 5.70. The summed E-state index contributed by atoms with van der Waals surface area (Å²) in [6, 6.07) is 19.0. The Morgan fingerprint density at radius 1 is 0.938 bits per heavy atom. The minimum atomic E-state index is -0.409. The van der Waals surface area contributed by atoms with Gasteiger partial charge in [-0.3, -0.25) is 25.2 Å². The molecule has 2 N–H and O–H groups in total. The van der Waals surface area contributed by atoms with E-state index in [0.717, 1.165) is 10.8 Å². The Kier molecular flexibility index (Phi) is 6.44. The first kappa shape index (κ1) is 21.5. The maximum Gasteiger partial charge on any atom is 0.254 e. The molecule has 0 aliphatic carbocycles. The number of carbonyl (C=O) groups excluding carboxylic acids is 3. The lowest BCUT2D eigenvalue weighted by Crippen LogP contribution is -2.50. The van der Waals surface area contributed by atoms with Gasteiger partial charge < -0.3 is 4.90 Å². The zero-order valence-electron chi connectivity index (χ0n) is 17.5. The largest absolute Gasteiger partial charge is 0.338 e. The maximum atomic E-state index is 13.2. The number of nitrogens with zero attached hydrogens (tertiary/aromatic N) is 1. The first-order valence-electron chi connectivity index (χ1n) is 10.6. The van der Waals surface area contributed by atoms with Crippen molar-refractivity contribution >= 4 is 28.5 Å². The highest BCUT2D eigenvalue weighted by Gasteiger charge is 2.29. The lowest BCUT2D eigenvalue weighted by Gasteiger charge is -2.32. The van der Waals surface area contributed by atoms with Gasteiger partial charge in [-0.15, -0.1) is 0 Å². The number of nitrogens with one attached hydrogen (secondary N) is 2. The molecule has 6 nitrogen and oxygen atoms in total. The molecule has 1 atom stereocenters. The molecule has 1 fully saturated rings. The van der Waals surface area contributed by atoms with Crippen molar-refractivity contribution < 1.29 is 18.8 Å². The molecular formula is C25H24FN3O3. The highest BCUT2D eigenvalue weighted by Crippen LogP contribution is 2.23. The van der Waals surface area contributed by atoms with E-state index in [2.05, 4.69) is 10.9 Å². The Labute approximate surface area is 185 Å². The molecule has 3 aromatic rings. The molecule has 3 amide bonds. The van der Waals surface area contributed by atoms with Gasteiger partial charge in [0, 0.05) is 18.7 Å². The molecule has 0 spiro atoms. The maximum absolute atomic E-state index is 13.2. The average Bonchev–Trinajstić information content (AvgIpc) is 2.83. The van der Waals surface area contributed by atoms with E-state index in [9.17, 15) is 18.8 Å². The number of fused-ring (bicyclic) bond motifs is 1. The van der Waals surface area contributed by atoms with Crippen LogP contribution in [0.4, 0.5) is 4.39 Å². The predicted octanol–water partition coefficient (Wildman–Crippen LogP) is 3.22. The van der Waals surface area contributed by atoms with Crippen LogP contribution >= 0.6 is 0 Å². The number of hydrogen-bond donors (Lipinski definition) is 2. The summed E-state index contributed by atoms with van der Waals surface area (Å²) >= 11 is 0. The van der Waals surface area contributed by atoms with Crippen molar-refractivity contribution in [2.24, 2.45) is 5.92 Å². The van der Waals surface area contributed by atoms with Crippen LogP contribution in [0.5, 0.6) is 0 Å². The summed E-state index contributed by atoms with van der Waals surface area (Å²) in [7, 11) is 0. The first-order valence-corrected chi connectivity index (χ1v) is 10.6. The number of rotatable bonds is 4. The molecule has 0 saturated carbocycles. The van der Waals surface area contributed by atoms with Crippen LogP contribution in [-0.4, -0.2) is 35.7 Å². The zero-order chi connectivity index (χ0) is 22.5. The summed E-state index contributed by atoms with van der Waals surface area (Å²) < 4.78 is 13.0. The van der Waals surface area contributed by atoms with Gasteiger partial charge in [0.25, 0.3) is 5.91 Å². The number of halogens is 1. The average molecular weight is 433 g/mol. The van der Waals surface area contributed by atoms with E-state index in [1.54, 1.807) is 4.90 Å². The minimum absolute atomic E-state index is 0.0247. The van der Waals surface area contributed by atoms with E-state index in [0.29, 0.717) is 37.1 Å². The molecule has 32 heavy (non-hydrogen) atoms. The van der Waals surface area contributed by atoms with Crippen molar-refractivity contribution in [2.45, 2.75) is 19.3 Å². The molecule has 3 aromatic carbocycles. The number of amides is 3. The van der Waals surface area contributed by atoms with Crippen LogP contribution in [-0.2, 0) is 16.0 Å². The smallest absolute Gasteiger partial charge is 0.254 e. The summed E-state index contributed by atoms with van der Waals surface area (Å²) in [5, 5.41) is 1.88. The number of carbonyl (C=O) groups is 3. The Hall–Kier alpha value is -3.74. The van der Waals surface area contributed by atoms with Crippen LogP contribution in [0.3, 0.4) is 0 Å². The Balaban J connectivity index is 1.34. The van der Waals surface area contributed by atoms with E-state index in [1.165, 1.54) is 24.3 Å². The topological polar surface area (TPSA) is 78.5 Å². The third kappa shape index (κ3) is 4.94. The first-order chi connectivity index (χ1) is 15.5. The fourth-order valence-corrected chi connectivity index (χ4v) is 4.02. The van der Waals surface area contributed by atoms with E-state index in [-0.39, 0.29) is 24.1 Å². The second-order valence-electron chi connectivity index (χ2n) is 7.96. The van der Waals surface area contributed by atoms with Crippen LogP contribution < -0.4 is 10.9 Å². The van der Waals surface area contributed by atoms with Gasteiger partial charge in [-0.2, -0.15) is 0 Å². The van der Waals surface area contributed by atoms with Crippen LogP contribution in [0, 0.1) is 11.7 Å². The van der Waals surface area contributed by atoms with Gasteiger partial charge in [0.05, 0.1) is 12.3 Å². The van der Waals surface area contributed by atoms with E-state index < -0.39 is 11.8 Å². The number of likely N-dealkylation sites (tertiary alicyclic amines) is 1. The van der Waals surface area contributed by atoms with Gasteiger partial charge >= 0.3 is 0 Å². The molecular weight excluding hydrogens is 409 g/mol. The lowest BCUT2D eigenvalue weighted by atomic mass is 9.96. The molecule has 1 saturated heterocycles. The number of piperidine rings is 1. The lowest BCUT2D eigenvalue weighted by molar-refractivity contribution is -0.131. The molecule has 164 valence electrons. The summed E-state index contributed by atoms with van der Waals surface area (Å²) in [4.78, 5) is 39.6. The molecule has 4 rings (SSSR count). The number of benzene rings is 3. The van der Waals surface area contributed by atoms with Crippen LogP contribution in [0.15, 0.2) is 66.7 Å². The van der Waals surface area contributed by atoms with Gasteiger partial charge in [-0.05, 0) is 47.4 Å². The molecule has 7 heteroatoms. The highest BCUT2D eigenvalue weighted by atomic mass is 19.1. The molecule has 1 aliphatic heterocycles. The second-order valence-corrected chi connectivity index (χ2v) is 7.96.